The van der Waals surface area contributed by atoms with Gasteiger partial charge in [0.1, 0.15) is 4.21 Å². The molecule has 0 radical (unpaired) electrons. The fraction of sp³-hybridized carbons (Fsp3) is 0.111. The lowest BCUT2D eigenvalue weighted by Crippen LogP contribution is -2.22. The minimum absolute atomic E-state index is 0.205. The highest BCUT2D eigenvalue weighted by Gasteiger charge is 2.15. The Labute approximate surface area is 96.9 Å². The number of sulfonamides is 1. The zero-order valence-corrected chi connectivity index (χ0v) is 9.85. The summed E-state index contributed by atoms with van der Waals surface area (Å²) in [6.07, 6.45) is 2.98. The Kier molecular flexibility index (Phi) is 2.99. The summed E-state index contributed by atoms with van der Waals surface area (Å²) < 4.78 is 31.0. The number of thiophene rings is 1. The molecule has 0 aromatic carbocycles. The van der Waals surface area contributed by atoms with E-state index >= 15 is 0 Å². The topological polar surface area (TPSA) is 85.3 Å². The zero-order chi connectivity index (χ0) is 11.6. The average Bonchev–Trinajstić information content (AvgIpc) is 2.85. The normalized spacial score (nSPS) is 11.8. The fourth-order valence-electron chi connectivity index (χ4n) is 1.11. The molecule has 0 atom stereocenters. The van der Waals surface area contributed by atoms with E-state index < -0.39 is 10.0 Å². The van der Waals surface area contributed by atoms with E-state index in [4.69, 9.17) is 10.2 Å². The molecule has 0 aliphatic rings. The van der Waals surface area contributed by atoms with Crippen LogP contribution in [0.5, 0.6) is 0 Å². The van der Waals surface area contributed by atoms with Crippen LogP contribution in [0.15, 0.2) is 38.7 Å². The van der Waals surface area contributed by atoms with Crippen molar-refractivity contribution in [1.82, 2.24) is 4.72 Å². The van der Waals surface area contributed by atoms with Crippen LogP contribution in [0.3, 0.4) is 0 Å². The molecule has 0 amide bonds. The Morgan fingerprint density at radius 3 is 2.88 bits per heavy atom. The van der Waals surface area contributed by atoms with Crippen molar-refractivity contribution in [2.75, 3.05) is 5.73 Å². The van der Waals surface area contributed by atoms with Gasteiger partial charge in [-0.2, -0.15) is 0 Å². The molecule has 0 aliphatic carbocycles. The molecule has 0 unspecified atom stereocenters. The van der Waals surface area contributed by atoms with E-state index in [1.54, 1.807) is 11.4 Å². The van der Waals surface area contributed by atoms with Crippen molar-refractivity contribution in [2.45, 2.75) is 10.8 Å². The number of furan rings is 1. The second-order valence-electron chi connectivity index (χ2n) is 3.16. The van der Waals surface area contributed by atoms with E-state index in [1.807, 2.05) is 0 Å². The number of hydrogen-bond acceptors (Lipinski definition) is 5. The van der Waals surface area contributed by atoms with Gasteiger partial charge in [-0.15, -0.1) is 11.3 Å². The lowest BCUT2D eigenvalue weighted by Gasteiger charge is -2.01. The van der Waals surface area contributed by atoms with Crippen molar-refractivity contribution in [2.24, 2.45) is 0 Å². The molecule has 0 aliphatic heterocycles. The number of anilines is 1. The fourth-order valence-corrected chi connectivity index (χ4v) is 3.26. The molecule has 16 heavy (non-hydrogen) atoms. The van der Waals surface area contributed by atoms with E-state index in [1.165, 1.54) is 18.6 Å². The molecule has 0 saturated heterocycles. The van der Waals surface area contributed by atoms with Crippen LogP contribution in [0, 0.1) is 0 Å². The van der Waals surface area contributed by atoms with Crippen LogP contribution in [-0.2, 0) is 16.6 Å². The molecule has 0 saturated carbocycles. The predicted octanol–water partition coefficient (Wildman–Crippen LogP) is 1.40. The average molecular weight is 258 g/mol. The SMILES string of the molecule is Nc1csc(S(=O)(=O)NCc2ccoc2)c1. The van der Waals surface area contributed by atoms with Crippen molar-refractivity contribution in [3.63, 3.8) is 0 Å². The summed E-state index contributed by atoms with van der Waals surface area (Å²) in [5.74, 6) is 0. The third kappa shape index (κ3) is 2.43. The van der Waals surface area contributed by atoms with Gasteiger partial charge in [0, 0.05) is 23.2 Å². The Balaban J connectivity index is 2.09. The van der Waals surface area contributed by atoms with Crippen molar-refractivity contribution in [3.05, 3.63) is 35.6 Å². The summed E-state index contributed by atoms with van der Waals surface area (Å²) in [6.45, 7) is 0.205. The molecule has 2 aromatic heterocycles. The van der Waals surface area contributed by atoms with Crippen molar-refractivity contribution >= 4 is 27.0 Å². The van der Waals surface area contributed by atoms with Gasteiger partial charge >= 0.3 is 0 Å². The molecule has 5 nitrogen and oxygen atoms in total. The Morgan fingerprint density at radius 2 is 2.31 bits per heavy atom. The third-order valence-electron chi connectivity index (χ3n) is 1.91. The van der Waals surface area contributed by atoms with E-state index in [9.17, 15) is 8.42 Å². The highest BCUT2D eigenvalue weighted by Crippen LogP contribution is 2.21. The van der Waals surface area contributed by atoms with Gasteiger partial charge in [0.15, 0.2) is 0 Å². The lowest BCUT2D eigenvalue weighted by atomic mass is 10.4. The van der Waals surface area contributed by atoms with Crippen molar-refractivity contribution < 1.29 is 12.8 Å². The van der Waals surface area contributed by atoms with Crippen LogP contribution >= 0.6 is 11.3 Å². The maximum Gasteiger partial charge on any atom is 0.250 e. The van der Waals surface area contributed by atoms with E-state index in [-0.39, 0.29) is 10.8 Å². The first-order valence-corrected chi connectivity index (χ1v) is 6.79. The molecule has 0 fully saturated rings. The summed E-state index contributed by atoms with van der Waals surface area (Å²) in [6, 6.07) is 3.13. The van der Waals surface area contributed by atoms with Crippen LogP contribution in [0.2, 0.25) is 0 Å². The molecular formula is C9H10N2O3S2. The van der Waals surface area contributed by atoms with Crippen LogP contribution < -0.4 is 10.5 Å². The molecular weight excluding hydrogens is 248 g/mol. The molecule has 2 rings (SSSR count). The number of nitrogens with two attached hydrogens (primary N) is 1. The van der Waals surface area contributed by atoms with Crippen LogP contribution in [0.1, 0.15) is 5.56 Å². The molecule has 86 valence electrons. The Hall–Kier alpha value is -1.31. The standard InChI is InChI=1S/C9H10N2O3S2/c10-8-3-9(15-6-8)16(12,13)11-4-7-1-2-14-5-7/h1-3,5-6,11H,4,10H2. The Morgan fingerprint density at radius 1 is 1.50 bits per heavy atom. The Bertz CT molecular complexity index is 557. The van der Waals surface area contributed by atoms with Gasteiger partial charge in [-0.3, -0.25) is 0 Å². The second kappa shape index (κ2) is 4.28. The van der Waals surface area contributed by atoms with Crippen molar-refractivity contribution in [1.29, 1.82) is 0 Å². The second-order valence-corrected chi connectivity index (χ2v) is 6.06. The third-order valence-corrected chi connectivity index (χ3v) is 4.77. The van der Waals surface area contributed by atoms with E-state index in [0.717, 1.165) is 16.9 Å². The van der Waals surface area contributed by atoms with Gasteiger partial charge in [0.2, 0.25) is 10.0 Å². The number of rotatable bonds is 4. The highest BCUT2D eigenvalue weighted by molar-refractivity contribution is 7.91. The largest absolute Gasteiger partial charge is 0.472 e. The predicted molar refractivity (Wildman–Crippen MR) is 61.5 cm³/mol. The summed E-state index contributed by atoms with van der Waals surface area (Å²) in [5.41, 5.74) is 6.69. The van der Waals surface area contributed by atoms with E-state index in [2.05, 4.69) is 4.72 Å². The maximum absolute atomic E-state index is 11.8. The summed E-state index contributed by atoms with van der Waals surface area (Å²) >= 11 is 1.09. The summed E-state index contributed by atoms with van der Waals surface area (Å²) in [7, 11) is -3.47. The maximum atomic E-state index is 11.8. The molecule has 2 heterocycles. The monoisotopic (exact) mass is 258 g/mol. The van der Waals surface area contributed by atoms with E-state index in [0.29, 0.717) is 5.69 Å². The molecule has 3 N–H and O–H groups in total. The molecule has 0 bridgehead atoms. The van der Waals surface area contributed by atoms with Crippen LogP contribution in [0.25, 0.3) is 0 Å². The molecule has 7 heteroatoms. The van der Waals surface area contributed by atoms with Crippen LogP contribution in [-0.4, -0.2) is 8.42 Å². The van der Waals surface area contributed by atoms with Gasteiger partial charge in [0.25, 0.3) is 0 Å². The quantitative estimate of drug-likeness (QED) is 0.868. The smallest absolute Gasteiger partial charge is 0.250 e. The highest BCUT2D eigenvalue weighted by atomic mass is 32.2. The number of nitrogens with one attached hydrogen (secondary N) is 1. The minimum atomic E-state index is -3.47. The lowest BCUT2D eigenvalue weighted by molar-refractivity contribution is 0.561. The van der Waals surface area contributed by atoms with Crippen molar-refractivity contribution in [3.8, 4) is 0 Å². The first-order valence-electron chi connectivity index (χ1n) is 4.43. The molecule has 2 aromatic rings. The van der Waals surface area contributed by atoms with Gasteiger partial charge in [-0.05, 0) is 12.1 Å². The summed E-state index contributed by atoms with van der Waals surface area (Å²) in [5, 5.41) is 1.59. The van der Waals surface area contributed by atoms with Gasteiger partial charge in [-0.1, -0.05) is 0 Å². The zero-order valence-electron chi connectivity index (χ0n) is 8.21. The summed E-state index contributed by atoms with van der Waals surface area (Å²) in [4.78, 5) is 0. The number of hydrogen-bond donors (Lipinski definition) is 2. The molecule has 0 spiro atoms. The number of nitrogen functional groups attached to an aromatic ring is 1. The first-order chi connectivity index (χ1) is 7.58. The van der Waals surface area contributed by atoms with Gasteiger partial charge in [-0.25, -0.2) is 13.1 Å². The minimum Gasteiger partial charge on any atom is -0.472 e. The van der Waals surface area contributed by atoms with Gasteiger partial charge in [0.05, 0.1) is 12.5 Å². The first kappa shape index (κ1) is 11.2. The van der Waals surface area contributed by atoms with Gasteiger partial charge < -0.3 is 10.2 Å². The van der Waals surface area contributed by atoms with Crippen LogP contribution in [0.4, 0.5) is 5.69 Å².